The number of nitrogens with one attached hydrogen (secondary N) is 1. The molecule has 1 aromatic carbocycles. The summed E-state index contributed by atoms with van der Waals surface area (Å²) in [4.78, 5) is 16.3. The van der Waals surface area contributed by atoms with E-state index in [-0.39, 0.29) is 19.3 Å². The highest BCUT2D eigenvalue weighted by molar-refractivity contribution is 6.30. The third kappa shape index (κ3) is 5.79. The van der Waals surface area contributed by atoms with Crippen molar-refractivity contribution < 1.29 is 14.3 Å². The lowest BCUT2D eigenvalue weighted by Gasteiger charge is -2.16. The molecule has 0 spiro atoms. The van der Waals surface area contributed by atoms with Gasteiger partial charge in [0.15, 0.2) is 0 Å². The molecule has 2 rings (SSSR count). The zero-order valence-electron chi connectivity index (χ0n) is 13.1. The molecule has 0 aromatic heterocycles. The van der Waals surface area contributed by atoms with E-state index >= 15 is 0 Å². The summed E-state index contributed by atoms with van der Waals surface area (Å²) < 4.78 is 10.7. The lowest BCUT2D eigenvalue weighted by molar-refractivity contribution is -0.140. The third-order valence-electron chi connectivity index (χ3n) is 2.96. The van der Waals surface area contributed by atoms with Crippen LogP contribution in [0.4, 0.5) is 0 Å². The van der Waals surface area contributed by atoms with Crippen LogP contribution >= 0.6 is 11.6 Å². The monoisotopic (exact) mass is 334 g/mol. The number of carbonyl (C=O) groups is 1. The van der Waals surface area contributed by atoms with E-state index in [1.54, 1.807) is 19.1 Å². The maximum atomic E-state index is 12.1. The summed E-state index contributed by atoms with van der Waals surface area (Å²) in [5, 5.41) is 3.43. The van der Waals surface area contributed by atoms with Gasteiger partial charge in [0.1, 0.15) is 29.8 Å². The Bertz CT molecular complexity index is 638. The Morgan fingerprint density at radius 3 is 2.78 bits per heavy atom. The lowest BCUT2D eigenvalue weighted by atomic mass is 10.2. The van der Waals surface area contributed by atoms with Gasteiger partial charge in [-0.15, -0.1) is 0 Å². The predicted molar refractivity (Wildman–Crippen MR) is 90.6 cm³/mol. The topological polar surface area (TPSA) is 59.9 Å². The van der Waals surface area contributed by atoms with E-state index < -0.39 is 5.97 Å². The first-order valence-electron chi connectivity index (χ1n) is 7.30. The summed E-state index contributed by atoms with van der Waals surface area (Å²) in [5.41, 5.74) is 0.969. The molecule has 5 nitrogen and oxygen atoms in total. The van der Waals surface area contributed by atoms with E-state index in [0.29, 0.717) is 16.6 Å². The molecule has 1 aromatic rings. The summed E-state index contributed by atoms with van der Waals surface area (Å²) in [6.07, 6.45) is 3.34. The maximum absolute atomic E-state index is 12.1. The number of carbonyl (C=O) groups excluding carboxylic acids is 1. The summed E-state index contributed by atoms with van der Waals surface area (Å²) >= 11 is 5.94. The van der Waals surface area contributed by atoms with Gasteiger partial charge in [-0.3, -0.25) is 0 Å². The highest BCUT2D eigenvalue weighted by Gasteiger charge is 2.15. The van der Waals surface area contributed by atoms with Crippen molar-refractivity contribution in [2.75, 3.05) is 13.2 Å². The quantitative estimate of drug-likeness (QED) is 0.511. The second-order valence-electron chi connectivity index (χ2n) is 5.03. The number of hydrogen-bond acceptors (Lipinski definition) is 5. The van der Waals surface area contributed by atoms with Crippen LogP contribution in [-0.2, 0) is 9.53 Å². The van der Waals surface area contributed by atoms with Crippen molar-refractivity contribution in [3.8, 4) is 5.75 Å². The van der Waals surface area contributed by atoms with Crippen molar-refractivity contribution in [3.63, 3.8) is 0 Å². The highest BCUT2D eigenvalue weighted by atomic mass is 35.5. The Labute approximate surface area is 140 Å². The summed E-state index contributed by atoms with van der Waals surface area (Å²) in [6.45, 7) is 4.09. The molecule has 1 aliphatic heterocycles. The zero-order valence-corrected chi connectivity index (χ0v) is 13.8. The molecule has 0 saturated heterocycles. The van der Waals surface area contributed by atoms with Crippen LogP contribution in [0.15, 0.2) is 58.3 Å². The molecule has 1 heterocycles. The number of ether oxygens (including phenoxy) is 2. The average molecular weight is 335 g/mol. The van der Waals surface area contributed by atoms with Gasteiger partial charge in [0.2, 0.25) is 0 Å². The van der Waals surface area contributed by atoms with Gasteiger partial charge in [0, 0.05) is 11.8 Å². The van der Waals surface area contributed by atoms with Crippen molar-refractivity contribution >= 4 is 23.3 Å². The number of rotatable bonds is 5. The van der Waals surface area contributed by atoms with Crippen LogP contribution in [0, 0.1) is 0 Å². The number of hydrogen-bond donors (Lipinski definition) is 1. The van der Waals surface area contributed by atoms with Crippen LogP contribution in [0.25, 0.3) is 0 Å². The van der Waals surface area contributed by atoms with Gasteiger partial charge < -0.3 is 14.8 Å². The molecular weight excluding hydrogens is 316 g/mol. The predicted octanol–water partition coefficient (Wildman–Crippen LogP) is 3.03. The molecule has 0 fully saturated rings. The molecule has 1 unspecified atom stereocenters. The summed E-state index contributed by atoms with van der Waals surface area (Å²) in [5.74, 6) is 0.290. The number of benzene rings is 1. The molecule has 6 heteroatoms. The van der Waals surface area contributed by atoms with Gasteiger partial charge in [-0.05, 0) is 38.1 Å². The van der Waals surface area contributed by atoms with Gasteiger partial charge in [-0.2, -0.15) is 0 Å². The number of aliphatic imine (C=N–C) groups is 1. The normalized spacial score (nSPS) is 24.5. The van der Waals surface area contributed by atoms with Crippen LogP contribution in [0.2, 0.25) is 0 Å². The summed E-state index contributed by atoms with van der Waals surface area (Å²) in [7, 11) is 0. The molecule has 0 amide bonds. The number of para-hydroxylation sites is 1. The van der Waals surface area contributed by atoms with Crippen LogP contribution in [0.1, 0.15) is 13.8 Å². The molecule has 0 bridgehead atoms. The van der Waals surface area contributed by atoms with E-state index in [0.717, 1.165) is 5.75 Å². The minimum Gasteiger partial charge on any atom is -0.490 e. The lowest BCUT2D eigenvalue weighted by Crippen LogP contribution is -2.31. The van der Waals surface area contributed by atoms with E-state index in [1.165, 1.54) is 0 Å². The van der Waals surface area contributed by atoms with Crippen molar-refractivity contribution in [3.05, 3.63) is 53.3 Å². The molecule has 0 aliphatic carbocycles. The Kier molecular flexibility index (Phi) is 6.23. The van der Waals surface area contributed by atoms with Gasteiger partial charge in [-0.25, -0.2) is 9.79 Å². The van der Waals surface area contributed by atoms with Gasteiger partial charge in [0.25, 0.3) is 0 Å². The zero-order chi connectivity index (χ0) is 16.7. The molecule has 0 saturated carbocycles. The van der Waals surface area contributed by atoms with Crippen LogP contribution in [0.5, 0.6) is 5.75 Å². The van der Waals surface area contributed by atoms with Crippen LogP contribution in [0.3, 0.4) is 0 Å². The van der Waals surface area contributed by atoms with Crippen molar-refractivity contribution in [2.24, 2.45) is 4.99 Å². The van der Waals surface area contributed by atoms with E-state index in [9.17, 15) is 4.79 Å². The molecule has 122 valence electrons. The van der Waals surface area contributed by atoms with E-state index in [1.807, 2.05) is 37.3 Å². The first-order chi connectivity index (χ1) is 11.0. The van der Waals surface area contributed by atoms with Gasteiger partial charge in [0.05, 0.1) is 0 Å². The first-order valence-corrected chi connectivity index (χ1v) is 7.68. The fourth-order valence-electron chi connectivity index (χ4n) is 1.99. The fourth-order valence-corrected chi connectivity index (χ4v) is 2.31. The number of allylic oxidation sites excluding steroid dienone is 1. The van der Waals surface area contributed by atoms with Crippen LogP contribution < -0.4 is 10.1 Å². The Morgan fingerprint density at radius 1 is 1.30 bits per heavy atom. The highest BCUT2D eigenvalue weighted by Crippen LogP contribution is 2.11. The largest absolute Gasteiger partial charge is 0.490 e. The fraction of sp³-hybridized carbons (Fsp3) is 0.294. The molecular formula is C17H19ClN2O3. The SMILES string of the molecule is CC1=N\C(Cl)=C/C(C)N/C(C(=O)OCCOc2ccccc2)=C\1. The van der Waals surface area contributed by atoms with Gasteiger partial charge >= 0.3 is 5.97 Å². The van der Waals surface area contributed by atoms with E-state index in [2.05, 4.69) is 10.3 Å². The number of esters is 1. The van der Waals surface area contributed by atoms with Crippen LogP contribution in [-0.4, -0.2) is 30.9 Å². The Balaban J connectivity index is 1.86. The van der Waals surface area contributed by atoms with Crippen molar-refractivity contribution in [1.82, 2.24) is 5.32 Å². The number of halogens is 1. The number of nitrogens with zero attached hydrogens (tertiary/aromatic N) is 1. The third-order valence-corrected chi connectivity index (χ3v) is 3.17. The molecule has 0 radical (unpaired) electrons. The average Bonchev–Trinajstić information content (AvgIpc) is 2.50. The minimum atomic E-state index is -0.450. The molecule has 1 aliphatic rings. The first kappa shape index (κ1) is 17.1. The standard InChI is InChI=1S/C17H19ClN2O3/c1-12-10-15(19-13(2)11-16(18)20-12)17(21)23-9-8-22-14-6-4-3-5-7-14/h3-7,10-11,13,19H,8-9H2,1-2H3/b15-10-,16-11-,20-12+. The van der Waals surface area contributed by atoms with Crippen molar-refractivity contribution in [2.45, 2.75) is 19.9 Å². The molecule has 1 N–H and O–H groups in total. The Hall–Kier alpha value is -2.27. The van der Waals surface area contributed by atoms with E-state index in [4.69, 9.17) is 21.1 Å². The second-order valence-corrected chi connectivity index (χ2v) is 5.42. The summed E-state index contributed by atoms with van der Waals surface area (Å²) in [6, 6.07) is 9.24. The maximum Gasteiger partial charge on any atom is 0.354 e. The second kappa shape index (κ2) is 8.39. The minimum absolute atomic E-state index is 0.126. The molecule has 1 atom stereocenters. The van der Waals surface area contributed by atoms with Crippen molar-refractivity contribution in [1.29, 1.82) is 0 Å². The van der Waals surface area contributed by atoms with Gasteiger partial charge in [-0.1, -0.05) is 29.8 Å². The molecule has 23 heavy (non-hydrogen) atoms. The smallest absolute Gasteiger partial charge is 0.354 e. The Morgan fingerprint density at radius 2 is 2.04 bits per heavy atom.